The molecule has 5 rings (SSSR count). The summed E-state index contributed by atoms with van der Waals surface area (Å²) in [4.78, 5) is 27.8. The number of fused-ring (bicyclic) bond motifs is 2. The Kier molecular flexibility index (Phi) is 9.48. The average Bonchev–Trinajstić information content (AvgIpc) is 2.97. The van der Waals surface area contributed by atoms with Gasteiger partial charge < -0.3 is 20.3 Å². The molecular formula is C33H34Cl3N3O3. The molecule has 220 valence electrons. The van der Waals surface area contributed by atoms with E-state index >= 15 is 0 Å². The summed E-state index contributed by atoms with van der Waals surface area (Å²) in [5, 5.41) is 7.77. The van der Waals surface area contributed by atoms with Crippen molar-refractivity contribution in [3.05, 3.63) is 104 Å². The number of carbonyl (C=O) groups is 2. The summed E-state index contributed by atoms with van der Waals surface area (Å²) in [5.74, 6) is 0.259. The molecule has 0 radical (unpaired) electrons. The maximum Gasteiger partial charge on any atom is 0.249 e. The minimum atomic E-state index is -0.345. The number of carbonyl (C=O) groups excluding carboxylic acids is 2. The van der Waals surface area contributed by atoms with E-state index in [0.29, 0.717) is 47.4 Å². The maximum atomic E-state index is 13.7. The van der Waals surface area contributed by atoms with Crippen LogP contribution < -0.4 is 15.4 Å². The minimum absolute atomic E-state index is 0.0208. The van der Waals surface area contributed by atoms with Crippen molar-refractivity contribution in [3.8, 4) is 5.75 Å². The lowest BCUT2D eigenvalue weighted by atomic mass is 9.83. The molecule has 0 aromatic heterocycles. The SMILES string of the molecule is CC(=O)N1CC2CC(c3ccc(C(C)Oc4c(Cl)ccc(Cl)c4Cl)cc3)=C(C(=O)NCCc3ccccc3C)C(C1)N2. The molecule has 1 fully saturated rings. The summed E-state index contributed by atoms with van der Waals surface area (Å²) in [5.41, 5.74) is 6.00. The number of nitrogens with one attached hydrogen (secondary N) is 2. The standard InChI is InChI=1S/C33H34Cl3N3O3/c1-19-6-4-5-7-22(19)14-15-37-33(41)30-26(16-25-17-39(21(3)40)18-29(30)38-25)24-10-8-23(9-11-24)20(2)42-32-28(35)13-12-27(34)31(32)36/h4-13,20,25,29,38H,14-18H2,1-3H3,(H,37,41). The summed E-state index contributed by atoms with van der Waals surface area (Å²) >= 11 is 18.8. The first-order valence-electron chi connectivity index (χ1n) is 14.1. The van der Waals surface area contributed by atoms with E-state index in [2.05, 4.69) is 29.7 Å². The van der Waals surface area contributed by atoms with Crippen LogP contribution in [0.1, 0.15) is 48.6 Å². The number of halogens is 3. The monoisotopic (exact) mass is 625 g/mol. The number of ether oxygens (including phenoxy) is 1. The smallest absolute Gasteiger partial charge is 0.249 e. The third-order valence-electron chi connectivity index (χ3n) is 8.06. The summed E-state index contributed by atoms with van der Waals surface area (Å²) in [6.07, 6.45) is 1.04. The van der Waals surface area contributed by atoms with Crippen LogP contribution in [0.3, 0.4) is 0 Å². The van der Waals surface area contributed by atoms with Crippen molar-refractivity contribution in [2.45, 2.75) is 51.8 Å². The molecular weight excluding hydrogens is 593 g/mol. The van der Waals surface area contributed by atoms with Crippen molar-refractivity contribution in [1.29, 1.82) is 0 Å². The van der Waals surface area contributed by atoms with Crippen LogP contribution in [-0.4, -0.2) is 48.4 Å². The molecule has 1 saturated heterocycles. The number of nitrogens with zero attached hydrogens (tertiary/aromatic N) is 1. The quantitative estimate of drug-likeness (QED) is 0.270. The number of piperazine rings is 1. The van der Waals surface area contributed by atoms with Gasteiger partial charge in [-0.3, -0.25) is 9.59 Å². The highest BCUT2D eigenvalue weighted by Crippen LogP contribution is 2.40. The highest BCUT2D eigenvalue weighted by atomic mass is 35.5. The van der Waals surface area contributed by atoms with Crippen LogP contribution in [0.2, 0.25) is 15.1 Å². The molecule has 2 aliphatic rings. The first-order valence-corrected chi connectivity index (χ1v) is 15.2. The summed E-state index contributed by atoms with van der Waals surface area (Å²) in [6.45, 7) is 7.17. The lowest BCUT2D eigenvalue weighted by Gasteiger charge is -2.44. The second kappa shape index (κ2) is 13.1. The second-order valence-corrected chi connectivity index (χ2v) is 12.1. The van der Waals surface area contributed by atoms with Gasteiger partial charge in [-0.25, -0.2) is 0 Å². The Morgan fingerprint density at radius 1 is 1.02 bits per heavy atom. The third kappa shape index (κ3) is 6.63. The van der Waals surface area contributed by atoms with Crippen molar-refractivity contribution in [2.24, 2.45) is 0 Å². The lowest BCUT2D eigenvalue weighted by Crippen LogP contribution is -2.61. The minimum Gasteiger partial charge on any atom is -0.483 e. The lowest BCUT2D eigenvalue weighted by molar-refractivity contribution is -0.131. The van der Waals surface area contributed by atoms with Gasteiger partial charge in [-0.2, -0.15) is 0 Å². The Labute approximate surface area is 262 Å². The first kappa shape index (κ1) is 30.4. The highest BCUT2D eigenvalue weighted by Gasteiger charge is 2.39. The van der Waals surface area contributed by atoms with Crippen LogP contribution in [0, 0.1) is 6.92 Å². The first-order chi connectivity index (χ1) is 20.1. The third-order valence-corrected chi connectivity index (χ3v) is 9.15. The van der Waals surface area contributed by atoms with Gasteiger partial charge in [-0.15, -0.1) is 0 Å². The van der Waals surface area contributed by atoms with E-state index in [-0.39, 0.29) is 35.0 Å². The fourth-order valence-corrected chi connectivity index (χ4v) is 6.36. The molecule has 2 aliphatic heterocycles. The summed E-state index contributed by atoms with van der Waals surface area (Å²) < 4.78 is 6.10. The van der Waals surface area contributed by atoms with E-state index < -0.39 is 0 Å². The van der Waals surface area contributed by atoms with Crippen LogP contribution in [0.4, 0.5) is 0 Å². The Morgan fingerprint density at radius 2 is 1.74 bits per heavy atom. The zero-order valence-corrected chi connectivity index (χ0v) is 26.1. The van der Waals surface area contributed by atoms with E-state index in [9.17, 15) is 9.59 Å². The number of hydrogen-bond donors (Lipinski definition) is 2. The Morgan fingerprint density at radius 3 is 2.45 bits per heavy atom. The molecule has 0 saturated carbocycles. The molecule has 3 aromatic carbocycles. The van der Waals surface area contributed by atoms with Crippen LogP contribution in [0.25, 0.3) is 5.57 Å². The average molecular weight is 627 g/mol. The molecule has 2 bridgehead atoms. The molecule has 0 aliphatic carbocycles. The molecule has 42 heavy (non-hydrogen) atoms. The fraction of sp³-hybridized carbons (Fsp3) is 0.333. The van der Waals surface area contributed by atoms with Gasteiger partial charge in [-0.05, 0) is 66.6 Å². The molecule has 2 amide bonds. The van der Waals surface area contributed by atoms with Crippen LogP contribution in [0.15, 0.2) is 66.2 Å². The van der Waals surface area contributed by atoms with Gasteiger partial charge in [0, 0.05) is 38.2 Å². The zero-order valence-electron chi connectivity index (χ0n) is 23.8. The van der Waals surface area contributed by atoms with Gasteiger partial charge in [-0.1, -0.05) is 83.3 Å². The van der Waals surface area contributed by atoms with E-state index in [4.69, 9.17) is 39.5 Å². The van der Waals surface area contributed by atoms with Crippen LogP contribution >= 0.6 is 34.8 Å². The normalized spacial score (nSPS) is 19.0. The van der Waals surface area contributed by atoms with Gasteiger partial charge in [0.2, 0.25) is 11.8 Å². The fourth-order valence-electron chi connectivity index (χ4n) is 5.75. The summed E-state index contributed by atoms with van der Waals surface area (Å²) in [7, 11) is 0. The largest absolute Gasteiger partial charge is 0.483 e. The highest BCUT2D eigenvalue weighted by molar-refractivity contribution is 6.44. The van der Waals surface area contributed by atoms with Crippen LogP contribution in [-0.2, 0) is 16.0 Å². The van der Waals surface area contributed by atoms with E-state index in [0.717, 1.165) is 23.1 Å². The van der Waals surface area contributed by atoms with Gasteiger partial charge >= 0.3 is 0 Å². The van der Waals surface area contributed by atoms with Crippen LogP contribution in [0.5, 0.6) is 5.75 Å². The molecule has 2 N–H and O–H groups in total. The maximum absolute atomic E-state index is 13.7. The van der Waals surface area contributed by atoms with Gasteiger partial charge in [0.1, 0.15) is 11.1 Å². The molecule has 2 heterocycles. The molecule has 3 atom stereocenters. The topological polar surface area (TPSA) is 70.7 Å². The second-order valence-electron chi connectivity index (χ2n) is 10.9. The predicted molar refractivity (Wildman–Crippen MR) is 169 cm³/mol. The van der Waals surface area contributed by atoms with Crippen molar-refractivity contribution >= 4 is 52.2 Å². The van der Waals surface area contributed by atoms with Crippen molar-refractivity contribution in [1.82, 2.24) is 15.5 Å². The van der Waals surface area contributed by atoms with Crippen molar-refractivity contribution < 1.29 is 14.3 Å². The Bertz CT molecular complexity index is 1520. The Hall–Kier alpha value is -3.03. The van der Waals surface area contributed by atoms with Gasteiger partial charge in [0.15, 0.2) is 5.75 Å². The molecule has 3 aromatic rings. The predicted octanol–water partition coefficient (Wildman–Crippen LogP) is 6.80. The number of benzene rings is 3. The van der Waals surface area contributed by atoms with Crippen molar-refractivity contribution in [3.63, 3.8) is 0 Å². The summed E-state index contributed by atoms with van der Waals surface area (Å²) in [6, 6.07) is 19.3. The number of rotatable bonds is 8. The number of amides is 2. The number of hydrogen-bond acceptors (Lipinski definition) is 4. The van der Waals surface area contributed by atoms with E-state index in [1.165, 1.54) is 11.1 Å². The van der Waals surface area contributed by atoms with Gasteiger partial charge in [0.25, 0.3) is 0 Å². The molecule has 6 nitrogen and oxygen atoms in total. The molecule has 9 heteroatoms. The van der Waals surface area contributed by atoms with E-state index in [1.54, 1.807) is 19.1 Å². The number of aryl methyl sites for hydroxylation is 1. The molecule has 0 spiro atoms. The van der Waals surface area contributed by atoms with E-state index in [1.807, 2.05) is 48.2 Å². The zero-order chi connectivity index (χ0) is 30.0. The Balaban J connectivity index is 1.39. The van der Waals surface area contributed by atoms with Gasteiger partial charge in [0.05, 0.1) is 16.1 Å². The van der Waals surface area contributed by atoms with Crippen molar-refractivity contribution in [2.75, 3.05) is 19.6 Å². The molecule has 3 unspecified atom stereocenters.